The number of ketones is 1. The molecule has 0 aliphatic carbocycles. The van der Waals surface area contributed by atoms with Crippen LogP contribution < -0.4 is 0 Å². The van der Waals surface area contributed by atoms with Gasteiger partial charge in [0.2, 0.25) is 0 Å². The Morgan fingerprint density at radius 3 is 2.45 bits per heavy atom. The van der Waals surface area contributed by atoms with Crippen LogP contribution in [0.1, 0.15) is 67.4 Å². The number of aromatic nitrogens is 1. The molecular weight excluding hydrogens is 455 g/mol. The van der Waals surface area contributed by atoms with Crippen molar-refractivity contribution < 1.29 is 9.59 Å². The van der Waals surface area contributed by atoms with Crippen molar-refractivity contribution in [1.29, 1.82) is 0 Å². The Bertz CT molecular complexity index is 1190. The minimum atomic E-state index is -0.0712. The van der Waals surface area contributed by atoms with E-state index < -0.39 is 0 Å². The van der Waals surface area contributed by atoms with Crippen LogP contribution >= 0.6 is 23.2 Å². The van der Waals surface area contributed by atoms with Crippen molar-refractivity contribution in [2.75, 3.05) is 13.1 Å². The summed E-state index contributed by atoms with van der Waals surface area (Å²) < 4.78 is 2.12. The topological polar surface area (TPSA) is 42.3 Å². The van der Waals surface area contributed by atoms with Crippen LogP contribution in [0.4, 0.5) is 0 Å². The summed E-state index contributed by atoms with van der Waals surface area (Å²) in [6, 6.07) is 12.1. The second-order valence-corrected chi connectivity index (χ2v) is 10.2. The number of amides is 1. The van der Waals surface area contributed by atoms with E-state index in [2.05, 4.69) is 42.7 Å². The maximum atomic E-state index is 13.3. The monoisotopic (exact) mass is 484 g/mol. The zero-order valence-corrected chi connectivity index (χ0v) is 20.9. The van der Waals surface area contributed by atoms with E-state index in [1.807, 2.05) is 11.1 Å². The summed E-state index contributed by atoms with van der Waals surface area (Å²) in [5.41, 5.74) is 3.65. The van der Waals surface area contributed by atoms with Crippen LogP contribution in [0.2, 0.25) is 10.0 Å². The van der Waals surface area contributed by atoms with Crippen LogP contribution in [0.15, 0.2) is 42.6 Å². The normalized spacial score (nSPS) is 14.9. The van der Waals surface area contributed by atoms with E-state index in [1.54, 1.807) is 19.1 Å². The Balaban J connectivity index is 1.56. The molecule has 0 unspecified atom stereocenters. The molecule has 1 aliphatic heterocycles. The molecule has 2 heterocycles. The van der Waals surface area contributed by atoms with E-state index in [4.69, 9.17) is 23.2 Å². The quantitative estimate of drug-likeness (QED) is 0.379. The molecule has 0 bridgehead atoms. The van der Waals surface area contributed by atoms with Gasteiger partial charge in [-0.15, -0.1) is 0 Å². The second kappa shape index (κ2) is 9.90. The smallest absolute Gasteiger partial charge is 0.255 e. The first-order valence-electron chi connectivity index (χ1n) is 11.6. The fourth-order valence-corrected chi connectivity index (χ4v) is 5.28. The lowest BCUT2D eigenvalue weighted by molar-refractivity contribution is -0.118. The molecular formula is C27H30Cl2N2O2. The Labute approximate surface area is 205 Å². The molecule has 1 aliphatic rings. The summed E-state index contributed by atoms with van der Waals surface area (Å²) in [5.74, 6) is 0.971. The summed E-state index contributed by atoms with van der Waals surface area (Å²) >= 11 is 13.3. The molecule has 1 saturated heterocycles. The maximum Gasteiger partial charge on any atom is 0.255 e. The number of rotatable bonds is 6. The van der Waals surface area contributed by atoms with Gasteiger partial charge in [-0.3, -0.25) is 4.79 Å². The second-order valence-electron chi connectivity index (χ2n) is 9.45. The Morgan fingerprint density at radius 2 is 1.79 bits per heavy atom. The Morgan fingerprint density at radius 1 is 1.06 bits per heavy atom. The van der Waals surface area contributed by atoms with Gasteiger partial charge in [0.05, 0.1) is 17.1 Å². The molecule has 2 aromatic carbocycles. The Kier molecular flexibility index (Phi) is 7.16. The zero-order chi connectivity index (χ0) is 23.7. The van der Waals surface area contributed by atoms with Gasteiger partial charge in [0.1, 0.15) is 5.78 Å². The fourth-order valence-electron chi connectivity index (χ4n) is 4.71. The first-order chi connectivity index (χ1) is 15.7. The highest BCUT2D eigenvalue weighted by Gasteiger charge is 2.26. The third kappa shape index (κ3) is 5.12. The van der Waals surface area contributed by atoms with Crippen molar-refractivity contribution >= 4 is 45.8 Å². The maximum absolute atomic E-state index is 13.3. The minimum Gasteiger partial charge on any atom is -0.343 e. The largest absolute Gasteiger partial charge is 0.343 e. The SMILES string of the molecule is CC(=O)CC1CCN(C(=O)c2ccc(Cl)c(Cn3ccc4cc(C(C)C)ccc43)c2Cl)CC1. The molecule has 1 aromatic heterocycles. The van der Waals surface area contributed by atoms with Gasteiger partial charge in [-0.25, -0.2) is 0 Å². The molecule has 1 fully saturated rings. The molecule has 0 saturated carbocycles. The van der Waals surface area contributed by atoms with E-state index in [0.29, 0.717) is 53.5 Å². The molecule has 0 spiro atoms. The van der Waals surface area contributed by atoms with Gasteiger partial charge in [-0.2, -0.15) is 0 Å². The molecule has 0 radical (unpaired) electrons. The Hall–Kier alpha value is -2.30. The number of Topliss-reactive ketones (excluding diaryl/α,β-unsaturated/α-hetero) is 1. The minimum absolute atomic E-state index is 0.0712. The van der Waals surface area contributed by atoms with Crippen molar-refractivity contribution in [1.82, 2.24) is 9.47 Å². The van der Waals surface area contributed by atoms with Crippen molar-refractivity contribution in [2.24, 2.45) is 5.92 Å². The summed E-state index contributed by atoms with van der Waals surface area (Å²) in [4.78, 5) is 26.5. The van der Waals surface area contributed by atoms with Crippen LogP contribution in [0, 0.1) is 5.92 Å². The average Bonchev–Trinajstić information content (AvgIpc) is 3.18. The summed E-state index contributed by atoms with van der Waals surface area (Å²) in [6.45, 7) is 7.78. The molecule has 0 atom stereocenters. The van der Waals surface area contributed by atoms with Crippen molar-refractivity contribution in [2.45, 2.75) is 52.5 Å². The fraction of sp³-hybridized carbons (Fsp3) is 0.407. The summed E-state index contributed by atoms with van der Waals surface area (Å²) in [7, 11) is 0. The van der Waals surface area contributed by atoms with Crippen molar-refractivity contribution in [3.63, 3.8) is 0 Å². The summed E-state index contributed by atoms with van der Waals surface area (Å²) in [5, 5.41) is 2.14. The lowest BCUT2D eigenvalue weighted by Gasteiger charge is -2.32. The van der Waals surface area contributed by atoms with Gasteiger partial charge in [-0.05, 0) is 72.9 Å². The molecule has 1 amide bonds. The highest BCUT2D eigenvalue weighted by Crippen LogP contribution is 2.32. The molecule has 3 aromatic rings. The van der Waals surface area contributed by atoms with Gasteiger partial charge in [-0.1, -0.05) is 43.1 Å². The predicted molar refractivity (Wildman–Crippen MR) is 136 cm³/mol. The number of fused-ring (bicyclic) bond motifs is 1. The van der Waals surface area contributed by atoms with Gasteiger partial charge in [0, 0.05) is 41.8 Å². The highest BCUT2D eigenvalue weighted by molar-refractivity contribution is 6.38. The number of likely N-dealkylation sites (tertiary alicyclic amines) is 1. The van der Waals surface area contributed by atoms with Crippen molar-refractivity contribution in [3.05, 3.63) is 69.3 Å². The van der Waals surface area contributed by atoms with E-state index in [-0.39, 0.29) is 11.7 Å². The zero-order valence-electron chi connectivity index (χ0n) is 19.4. The lowest BCUT2D eigenvalue weighted by Crippen LogP contribution is -2.39. The molecule has 0 N–H and O–H groups in total. The third-order valence-electron chi connectivity index (χ3n) is 6.68. The molecule has 4 nitrogen and oxygen atoms in total. The van der Waals surface area contributed by atoms with E-state index in [0.717, 1.165) is 23.9 Å². The first-order valence-corrected chi connectivity index (χ1v) is 12.3. The van der Waals surface area contributed by atoms with E-state index >= 15 is 0 Å². The van der Waals surface area contributed by atoms with Gasteiger partial charge < -0.3 is 14.3 Å². The van der Waals surface area contributed by atoms with Crippen LogP contribution in [-0.4, -0.2) is 34.2 Å². The van der Waals surface area contributed by atoms with E-state index in [1.165, 1.54) is 10.9 Å². The number of hydrogen-bond donors (Lipinski definition) is 0. The molecule has 33 heavy (non-hydrogen) atoms. The van der Waals surface area contributed by atoms with Crippen LogP contribution in [-0.2, 0) is 11.3 Å². The predicted octanol–water partition coefficient (Wildman–Crippen LogP) is 6.95. The number of hydrogen-bond acceptors (Lipinski definition) is 2. The number of benzene rings is 2. The number of nitrogens with zero attached hydrogens (tertiary/aromatic N) is 2. The number of carbonyl (C=O) groups excluding carboxylic acids is 2. The van der Waals surface area contributed by atoms with Crippen LogP contribution in [0.3, 0.4) is 0 Å². The molecule has 174 valence electrons. The molecule has 6 heteroatoms. The van der Waals surface area contributed by atoms with E-state index in [9.17, 15) is 9.59 Å². The molecule has 4 rings (SSSR count). The lowest BCUT2D eigenvalue weighted by atomic mass is 9.91. The third-order valence-corrected chi connectivity index (χ3v) is 7.47. The average molecular weight is 485 g/mol. The van der Waals surface area contributed by atoms with Crippen molar-refractivity contribution in [3.8, 4) is 0 Å². The van der Waals surface area contributed by atoms with Gasteiger partial charge in [0.15, 0.2) is 0 Å². The highest BCUT2D eigenvalue weighted by atomic mass is 35.5. The van der Waals surface area contributed by atoms with Gasteiger partial charge >= 0.3 is 0 Å². The summed E-state index contributed by atoms with van der Waals surface area (Å²) in [6.07, 6.45) is 4.32. The number of piperidine rings is 1. The van der Waals surface area contributed by atoms with Crippen LogP contribution in [0.25, 0.3) is 10.9 Å². The first kappa shape index (κ1) is 23.8. The number of carbonyl (C=O) groups is 2. The van der Waals surface area contributed by atoms with Crippen LogP contribution in [0.5, 0.6) is 0 Å². The number of halogens is 2. The standard InChI is InChI=1S/C27H30Cl2N2O2/c1-17(2)20-4-7-25-21(15-20)10-13-31(25)16-23-24(28)6-5-22(26(23)29)27(33)30-11-8-19(9-12-30)14-18(3)32/h4-7,10,13,15,17,19H,8-9,11-12,14,16H2,1-3H3. The van der Waals surface area contributed by atoms with Gasteiger partial charge in [0.25, 0.3) is 5.91 Å².